The smallest absolute Gasteiger partial charge is 0.262 e. The molecule has 1 aromatic heterocycles. The van der Waals surface area contributed by atoms with Crippen LogP contribution in [0.25, 0.3) is 0 Å². The van der Waals surface area contributed by atoms with Gasteiger partial charge in [0.05, 0.1) is 0 Å². The predicted molar refractivity (Wildman–Crippen MR) is 122 cm³/mol. The van der Waals surface area contributed by atoms with E-state index in [-0.39, 0.29) is 15.7 Å². The summed E-state index contributed by atoms with van der Waals surface area (Å²) in [6, 6.07) is 9.89. The number of sulfonamides is 1. The van der Waals surface area contributed by atoms with Gasteiger partial charge < -0.3 is 10.2 Å². The van der Waals surface area contributed by atoms with Gasteiger partial charge in [0.15, 0.2) is 0 Å². The summed E-state index contributed by atoms with van der Waals surface area (Å²) in [5.74, 6) is 1.27. The SMILES string of the molecule is CN(C)c1ccc(CCCNC(=O)c2sccc2S(=O)(=O)N2CCSCC2)cc1. The van der Waals surface area contributed by atoms with Crippen LogP contribution in [-0.4, -0.2) is 63.9 Å². The molecule has 0 unspecified atom stereocenters. The lowest BCUT2D eigenvalue weighted by Gasteiger charge is -2.25. The average Bonchev–Trinajstić information content (AvgIpc) is 3.23. The fourth-order valence-electron chi connectivity index (χ4n) is 3.13. The first kappa shape index (κ1) is 22.1. The van der Waals surface area contributed by atoms with Crippen LogP contribution in [0.1, 0.15) is 21.7 Å². The first-order valence-electron chi connectivity index (χ1n) is 9.59. The molecule has 1 fully saturated rings. The van der Waals surface area contributed by atoms with Gasteiger partial charge in [-0.05, 0) is 42.0 Å². The summed E-state index contributed by atoms with van der Waals surface area (Å²) in [4.78, 5) is 15.1. The summed E-state index contributed by atoms with van der Waals surface area (Å²) in [5.41, 5.74) is 2.37. The third-order valence-electron chi connectivity index (χ3n) is 4.80. The van der Waals surface area contributed by atoms with E-state index in [2.05, 4.69) is 34.5 Å². The summed E-state index contributed by atoms with van der Waals surface area (Å²) < 4.78 is 27.3. The summed E-state index contributed by atoms with van der Waals surface area (Å²) in [6.45, 7) is 1.50. The molecule has 2 heterocycles. The minimum atomic E-state index is -3.61. The van der Waals surface area contributed by atoms with Crippen molar-refractivity contribution in [2.75, 3.05) is 50.1 Å². The molecule has 1 aliphatic heterocycles. The summed E-state index contributed by atoms with van der Waals surface area (Å²) >= 11 is 2.93. The van der Waals surface area contributed by atoms with Crippen LogP contribution < -0.4 is 10.2 Å². The number of anilines is 1. The van der Waals surface area contributed by atoms with Crippen molar-refractivity contribution in [3.63, 3.8) is 0 Å². The lowest BCUT2D eigenvalue weighted by molar-refractivity contribution is 0.0954. The van der Waals surface area contributed by atoms with E-state index in [0.29, 0.717) is 19.6 Å². The van der Waals surface area contributed by atoms with Crippen molar-refractivity contribution in [2.24, 2.45) is 0 Å². The minimum absolute atomic E-state index is 0.131. The highest BCUT2D eigenvalue weighted by atomic mass is 32.2. The van der Waals surface area contributed by atoms with Gasteiger partial charge in [-0.3, -0.25) is 4.79 Å². The van der Waals surface area contributed by atoms with Crippen molar-refractivity contribution in [1.82, 2.24) is 9.62 Å². The van der Waals surface area contributed by atoms with Gasteiger partial charge in [0.25, 0.3) is 5.91 Å². The van der Waals surface area contributed by atoms with Crippen LogP contribution in [0.3, 0.4) is 0 Å². The van der Waals surface area contributed by atoms with Crippen molar-refractivity contribution in [3.8, 4) is 0 Å². The van der Waals surface area contributed by atoms with E-state index in [1.165, 1.54) is 21.2 Å². The number of nitrogens with zero attached hydrogens (tertiary/aromatic N) is 2. The van der Waals surface area contributed by atoms with Crippen molar-refractivity contribution in [2.45, 2.75) is 17.7 Å². The second-order valence-electron chi connectivity index (χ2n) is 7.05. The van der Waals surface area contributed by atoms with Crippen LogP contribution in [0.15, 0.2) is 40.6 Å². The minimum Gasteiger partial charge on any atom is -0.378 e. The first-order valence-corrected chi connectivity index (χ1v) is 13.1. The van der Waals surface area contributed by atoms with E-state index < -0.39 is 10.0 Å². The molecule has 0 radical (unpaired) electrons. The van der Waals surface area contributed by atoms with Gasteiger partial charge in [0.1, 0.15) is 9.77 Å². The Bertz CT molecular complexity index is 918. The van der Waals surface area contributed by atoms with Crippen molar-refractivity contribution in [3.05, 3.63) is 46.2 Å². The second kappa shape index (κ2) is 9.97. The third-order valence-corrected chi connectivity index (χ3v) is 8.73. The fraction of sp³-hybridized carbons (Fsp3) is 0.450. The zero-order chi connectivity index (χ0) is 20.9. The van der Waals surface area contributed by atoms with Crippen molar-refractivity contribution < 1.29 is 13.2 Å². The van der Waals surface area contributed by atoms with Crippen LogP contribution in [0.2, 0.25) is 0 Å². The number of thioether (sulfide) groups is 1. The maximum absolute atomic E-state index is 12.9. The molecule has 0 atom stereocenters. The van der Waals surface area contributed by atoms with Crippen LogP contribution in [0, 0.1) is 0 Å². The normalized spacial score (nSPS) is 15.2. The van der Waals surface area contributed by atoms with E-state index in [1.807, 2.05) is 14.1 Å². The Labute approximate surface area is 181 Å². The van der Waals surface area contributed by atoms with Crippen LogP contribution in [0.4, 0.5) is 5.69 Å². The Hall–Kier alpha value is -1.55. The third kappa shape index (κ3) is 5.53. The number of amides is 1. The monoisotopic (exact) mass is 453 g/mol. The molecule has 1 saturated heterocycles. The van der Waals surface area contributed by atoms with Gasteiger partial charge in [-0.15, -0.1) is 11.3 Å². The summed E-state index contributed by atoms with van der Waals surface area (Å²) in [7, 11) is 0.402. The van der Waals surface area contributed by atoms with Gasteiger partial charge in [-0.2, -0.15) is 16.1 Å². The van der Waals surface area contributed by atoms with E-state index >= 15 is 0 Å². The molecule has 158 valence electrons. The Morgan fingerprint density at radius 2 is 1.83 bits per heavy atom. The van der Waals surface area contributed by atoms with Gasteiger partial charge >= 0.3 is 0 Å². The highest BCUT2D eigenvalue weighted by molar-refractivity contribution is 7.99. The molecule has 0 bridgehead atoms. The van der Waals surface area contributed by atoms with E-state index in [4.69, 9.17) is 0 Å². The Morgan fingerprint density at radius 3 is 2.48 bits per heavy atom. The van der Waals surface area contributed by atoms with Crippen LogP contribution in [-0.2, 0) is 16.4 Å². The van der Waals surface area contributed by atoms with Crippen molar-refractivity contribution >= 4 is 44.7 Å². The lowest BCUT2D eigenvalue weighted by Crippen LogP contribution is -2.38. The number of carbonyl (C=O) groups is 1. The molecule has 0 aliphatic carbocycles. The number of hydrogen-bond donors (Lipinski definition) is 1. The molecular formula is C20H27N3O3S3. The molecule has 9 heteroatoms. The van der Waals surface area contributed by atoms with E-state index in [1.54, 1.807) is 23.2 Å². The maximum atomic E-state index is 12.9. The number of hydrogen-bond acceptors (Lipinski definition) is 6. The summed E-state index contributed by atoms with van der Waals surface area (Å²) in [5, 5.41) is 4.55. The number of carbonyl (C=O) groups excluding carboxylic acids is 1. The number of aryl methyl sites for hydroxylation is 1. The number of rotatable bonds is 8. The molecule has 2 aromatic rings. The molecule has 1 aromatic carbocycles. The fourth-order valence-corrected chi connectivity index (χ4v) is 7.02. The highest BCUT2D eigenvalue weighted by Gasteiger charge is 2.31. The molecule has 1 N–H and O–H groups in total. The Morgan fingerprint density at radius 1 is 1.14 bits per heavy atom. The molecule has 1 aliphatic rings. The number of thiophene rings is 1. The Balaban J connectivity index is 1.54. The molecule has 29 heavy (non-hydrogen) atoms. The maximum Gasteiger partial charge on any atom is 0.262 e. The zero-order valence-electron chi connectivity index (χ0n) is 16.8. The van der Waals surface area contributed by atoms with Crippen LogP contribution >= 0.6 is 23.1 Å². The molecular weight excluding hydrogens is 426 g/mol. The topological polar surface area (TPSA) is 69.7 Å². The van der Waals surface area contributed by atoms with Gasteiger partial charge in [-0.1, -0.05) is 12.1 Å². The molecule has 0 spiro atoms. The summed E-state index contributed by atoms with van der Waals surface area (Å²) in [6.07, 6.45) is 1.65. The van der Waals surface area contributed by atoms with Crippen LogP contribution in [0.5, 0.6) is 0 Å². The van der Waals surface area contributed by atoms with Gasteiger partial charge in [0, 0.05) is 50.9 Å². The van der Waals surface area contributed by atoms with E-state index in [0.717, 1.165) is 30.0 Å². The second-order valence-corrected chi connectivity index (χ2v) is 11.1. The molecule has 6 nitrogen and oxygen atoms in total. The number of nitrogens with one attached hydrogen (secondary N) is 1. The highest BCUT2D eigenvalue weighted by Crippen LogP contribution is 2.27. The van der Waals surface area contributed by atoms with Gasteiger partial charge in [-0.25, -0.2) is 8.42 Å². The van der Waals surface area contributed by atoms with Crippen molar-refractivity contribution in [1.29, 1.82) is 0 Å². The number of benzene rings is 1. The molecule has 3 rings (SSSR count). The Kier molecular flexibility index (Phi) is 7.61. The first-order chi connectivity index (χ1) is 13.9. The standard InChI is InChI=1S/C20H27N3O3S3/c1-22(2)17-7-5-16(6-8-17)4-3-10-21-20(24)19-18(9-13-28-19)29(25,26)23-11-14-27-15-12-23/h5-9,13H,3-4,10-12,14-15H2,1-2H3,(H,21,24). The quantitative estimate of drug-likeness (QED) is 0.623. The van der Waals surface area contributed by atoms with E-state index in [9.17, 15) is 13.2 Å². The molecule has 1 amide bonds. The zero-order valence-corrected chi connectivity index (χ0v) is 19.2. The largest absolute Gasteiger partial charge is 0.378 e. The average molecular weight is 454 g/mol. The predicted octanol–water partition coefficient (Wildman–Crippen LogP) is 2.91. The van der Waals surface area contributed by atoms with Gasteiger partial charge in [0.2, 0.25) is 10.0 Å². The lowest BCUT2D eigenvalue weighted by atomic mass is 10.1. The molecule has 0 saturated carbocycles.